The van der Waals surface area contributed by atoms with Crippen LogP contribution < -0.4 is 11.1 Å². The van der Waals surface area contributed by atoms with Crippen LogP contribution in [0.4, 0.5) is 0 Å². The second-order valence-corrected chi connectivity index (χ2v) is 5.47. The summed E-state index contributed by atoms with van der Waals surface area (Å²) in [6, 6.07) is 3.19. The standard InChI is InChI=1S/C12H19N3O2S/c1-15-4-5-17-9(8-15)7-14-12(16)11(13)10-3-2-6-18-10/h2-3,6,9,11H,4-5,7-8,13H2,1H3,(H,14,16). The predicted octanol–water partition coefficient (Wildman–Crippen LogP) is 0.195. The highest BCUT2D eigenvalue weighted by molar-refractivity contribution is 7.10. The smallest absolute Gasteiger partial charge is 0.242 e. The number of amides is 1. The Morgan fingerprint density at radius 3 is 3.28 bits per heavy atom. The van der Waals surface area contributed by atoms with Gasteiger partial charge in [-0.15, -0.1) is 11.3 Å². The Kier molecular flexibility index (Phi) is 4.71. The second-order valence-electron chi connectivity index (χ2n) is 4.49. The molecule has 0 bridgehead atoms. The normalized spacial score (nSPS) is 22.7. The van der Waals surface area contributed by atoms with E-state index < -0.39 is 6.04 Å². The molecule has 2 atom stereocenters. The number of carbonyl (C=O) groups excluding carboxylic acids is 1. The lowest BCUT2D eigenvalue weighted by atomic mass is 10.2. The van der Waals surface area contributed by atoms with Crippen molar-refractivity contribution in [3.8, 4) is 0 Å². The highest BCUT2D eigenvalue weighted by Crippen LogP contribution is 2.16. The van der Waals surface area contributed by atoms with Crippen molar-refractivity contribution in [1.29, 1.82) is 0 Å². The van der Waals surface area contributed by atoms with Gasteiger partial charge in [-0.25, -0.2) is 0 Å². The number of morpholine rings is 1. The molecule has 1 saturated heterocycles. The summed E-state index contributed by atoms with van der Waals surface area (Å²) in [5, 5.41) is 4.77. The molecule has 1 aliphatic heterocycles. The summed E-state index contributed by atoms with van der Waals surface area (Å²) >= 11 is 1.50. The van der Waals surface area contributed by atoms with Gasteiger partial charge < -0.3 is 20.7 Å². The molecule has 18 heavy (non-hydrogen) atoms. The van der Waals surface area contributed by atoms with E-state index in [0.29, 0.717) is 13.2 Å². The molecule has 6 heteroatoms. The highest BCUT2D eigenvalue weighted by atomic mass is 32.1. The lowest BCUT2D eigenvalue weighted by Gasteiger charge is -2.30. The van der Waals surface area contributed by atoms with Crippen LogP contribution in [0.3, 0.4) is 0 Å². The molecule has 2 heterocycles. The number of hydrogen-bond donors (Lipinski definition) is 2. The summed E-state index contributed by atoms with van der Waals surface area (Å²) in [7, 11) is 2.05. The number of nitrogens with two attached hydrogens (primary N) is 1. The topological polar surface area (TPSA) is 67.6 Å². The first-order chi connectivity index (χ1) is 8.66. The van der Waals surface area contributed by atoms with E-state index in [4.69, 9.17) is 10.5 Å². The van der Waals surface area contributed by atoms with Gasteiger partial charge in [-0.2, -0.15) is 0 Å². The fourth-order valence-electron chi connectivity index (χ4n) is 1.91. The van der Waals surface area contributed by atoms with Gasteiger partial charge >= 0.3 is 0 Å². The van der Waals surface area contributed by atoms with E-state index in [-0.39, 0.29) is 12.0 Å². The summed E-state index contributed by atoms with van der Waals surface area (Å²) in [6.07, 6.45) is 0.0586. The van der Waals surface area contributed by atoms with E-state index in [1.165, 1.54) is 11.3 Å². The number of nitrogens with zero attached hydrogens (tertiary/aromatic N) is 1. The first kappa shape index (κ1) is 13.5. The molecule has 3 N–H and O–H groups in total. The molecule has 0 aliphatic carbocycles. The molecule has 0 spiro atoms. The van der Waals surface area contributed by atoms with Crippen LogP contribution in [0.5, 0.6) is 0 Å². The Morgan fingerprint density at radius 1 is 1.78 bits per heavy atom. The molecule has 0 saturated carbocycles. The first-order valence-electron chi connectivity index (χ1n) is 6.03. The van der Waals surface area contributed by atoms with Crippen molar-refractivity contribution in [2.75, 3.05) is 33.3 Å². The van der Waals surface area contributed by atoms with Crippen molar-refractivity contribution < 1.29 is 9.53 Å². The van der Waals surface area contributed by atoms with E-state index in [2.05, 4.69) is 17.3 Å². The van der Waals surface area contributed by atoms with Crippen LogP contribution in [0.25, 0.3) is 0 Å². The van der Waals surface area contributed by atoms with E-state index >= 15 is 0 Å². The van der Waals surface area contributed by atoms with Gasteiger partial charge in [0.15, 0.2) is 0 Å². The zero-order chi connectivity index (χ0) is 13.0. The fraction of sp³-hybridized carbons (Fsp3) is 0.583. The van der Waals surface area contributed by atoms with E-state index in [1.54, 1.807) is 0 Å². The van der Waals surface area contributed by atoms with Crippen molar-refractivity contribution in [1.82, 2.24) is 10.2 Å². The Bertz CT molecular complexity index is 383. The van der Waals surface area contributed by atoms with Crippen molar-refractivity contribution in [3.05, 3.63) is 22.4 Å². The summed E-state index contributed by atoms with van der Waals surface area (Å²) in [5.74, 6) is -0.144. The summed E-state index contributed by atoms with van der Waals surface area (Å²) in [5.41, 5.74) is 5.87. The Labute approximate surface area is 111 Å². The van der Waals surface area contributed by atoms with Gasteiger partial charge in [0.2, 0.25) is 5.91 Å². The van der Waals surface area contributed by atoms with Gasteiger partial charge in [-0.1, -0.05) is 6.07 Å². The van der Waals surface area contributed by atoms with Crippen molar-refractivity contribution >= 4 is 17.2 Å². The number of carbonyl (C=O) groups is 1. The van der Waals surface area contributed by atoms with Gasteiger partial charge in [0, 0.05) is 24.5 Å². The molecule has 1 aromatic rings. The van der Waals surface area contributed by atoms with Crippen LogP contribution in [-0.4, -0.2) is 50.2 Å². The van der Waals surface area contributed by atoms with Crippen LogP contribution in [0, 0.1) is 0 Å². The molecule has 0 aromatic carbocycles. The molecular weight excluding hydrogens is 250 g/mol. The predicted molar refractivity (Wildman–Crippen MR) is 71.5 cm³/mol. The minimum Gasteiger partial charge on any atom is -0.374 e. The molecular formula is C12H19N3O2S. The quantitative estimate of drug-likeness (QED) is 0.819. The second kappa shape index (κ2) is 6.29. The first-order valence-corrected chi connectivity index (χ1v) is 6.91. The van der Waals surface area contributed by atoms with Crippen molar-refractivity contribution in [2.24, 2.45) is 5.73 Å². The highest BCUT2D eigenvalue weighted by Gasteiger charge is 2.21. The largest absolute Gasteiger partial charge is 0.374 e. The van der Waals surface area contributed by atoms with Gasteiger partial charge in [0.05, 0.1) is 12.7 Å². The zero-order valence-corrected chi connectivity index (χ0v) is 11.3. The van der Waals surface area contributed by atoms with Gasteiger partial charge in [-0.05, 0) is 18.5 Å². The molecule has 0 radical (unpaired) electrons. The van der Waals surface area contributed by atoms with Crippen LogP contribution in [0.1, 0.15) is 10.9 Å². The molecule has 1 fully saturated rings. The van der Waals surface area contributed by atoms with Crippen molar-refractivity contribution in [3.63, 3.8) is 0 Å². The van der Waals surface area contributed by atoms with Gasteiger partial charge in [0.25, 0.3) is 0 Å². The SMILES string of the molecule is CN1CCOC(CNC(=O)C(N)c2cccs2)C1. The molecule has 1 aliphatic rings. The van der Waals surface area contributed by atoms with E-state index in [9.17, 15) is 4.79 Å². The van der Waals surface area contributed by atoms with Crippen molar-refractivity contribution in [2.45, 2.75) is 12.1 Å². The minimum absolute atomic E-state index is 0.0586. The monoisotopic (exact) mass is 269 g/mol. The molecule has 5 nitrogen and oxygen atoms in total. The van der Waals surface area contributed by atoms with Crippen LogP contribution >= 0.6 is 11.3 Å². The number of likely N-dealkylation sites (N-methyl/N-ethyl adjacent to an activating group) is 1. The molecule has 2 rings (SSSR count). The maximum absolute atomic E-state index is 11.9. The van der Waals surface area contributed by atoms with Crippen LogP contribution in [-0.2, 0) is 9.53 Å². The molecule has 100 valence electrons. The minimum atomic E-state index is -0.577. The van der Waals surface area contributed by atoms with Crippen LogP contribution in [0.2, 0.25) is 0 Å². The zero-order valence-electron chi connectivity index (χ0n) is 10.5. The number of thiophene rings is 1. The number of rotatable bonds is 4. The average Bonchev–Trinajstić information content (AvgIpc) is 2.89. The maximum Gasteiger partial charge on any atom is 0.242 e. The summed E-state index contributed by atoms with van der Waals surface area (Å²) < 4.78 is 5.57. The Hall–Kier alpha value is -0.950. The lowest BCUT2D eigenvalue weighted by Crippen LogP contribution is -2.47. The summed E-state index contributed by atoms with van der Waals surface area (Å²) in [4.78, 5) is 14.9. The number of ether oxygens (including phenoxy) is 1. The lowest BCUT2D eigenvalue weighted by molar-refractivity contribution is -0.123. The average molecular weight is 269 g/mol. The van der Waals surface area contributed by atoms with E-state index in [1.807, 2.05) is 17.5 Å². The fourth-order valence-corrected chi connectivity index (χ4v) is 2.64. The Morgan fingerprint density at radius 2 is 2.61 bits per heavy atom. The van der Waals surface area contributed by atoms with Gasteiger partial charge in [0.1, 0.15) is 6.04 Å². The molecule has 1 amide bonds. The number of nitrogens with one attached hydrogen (secondary N) is 1. The number of hydrogen-bond acceptors (Lipinski definition) is 5. The molecule has 1 aromatic heterocycles. The molecule has 2 unspecified atom stereocenters. The third kappa shape index (κ3) is 3.52. The van der Waals surface area contributed by atoms with Crippen LogP contribution in [0.15, 0.2) is 17.5 Å². The Balaban J connectivity index is 1.77. The third-order valence-electron chi connectivity index (χ3n) is 2.98. The van der Waals surface area contributed by atoms with Gasteiger partial charge in [-0.3, -0.25) is 4.79 Å². The third-order valence-corrected chi connectivity index (χ3v) is 3.93. The summed E-state index contributed by atoms with van der Waals surface area (Å²) in [6.45, 7) is 3.02. The maximum atomic E-state index is 11.9. The van der Waals surface area contributed by atoms with E-state index in [0.717, 1.165) is 18.0 Å².